The first-order chi connectivity index (χ1) is 6.61. The molecule has 6 nitrogen and oxygen atoms in total. The minimum Gasteiger partial charge on any atom is -0.352 e. The minimum absolute atomic E-state index is 0.0824. The largest absolute Gasteiger partial charge is 0.352 e. The van der Waals surface area contributed by atoms with Crippen molar-refractivity contribution < 1.29 is 9.59 Å². The molecule has 0 atom stereocenters. The number of hydrogen-bond donors (Lipinski definition) is 1. The zero-order valence-electron chi connectivity index (χ0n) is 8.10. The predicted octanol–water partition coefficient (Wildman–Crippen LogP) is -0.385. The molecule has 1 aromatic rings. The van der Waals surface area contributed by atoms with E-state index in [1.165, 1.54) is 10.9 Å². The first-order valence-corrected chi connectivity index (χ1v) is 4.26. The van der Waals surface area contributed by atoms with Gasteiger partial charge in [-0.2, -0.15) is 0 Å². The molecule has 14 heavy (non-hydrogen) atoms. The van der Waals surface area contributed by atoms with Crippen LogP contribution in [0.1, 0.15) is 24.3 Å². The van der Waals surface area contributed by atoms with Crippen LogP contribution in [0.15, 0.2) is 6.20 Å². The molecule has 6 heteroatoms. The van der Waals surface area contributed by atoms with Crippen molar-refractivity contribution in [3.63, 3.8) is 0 Å². The number of carbonyl (C=O) groups excluding carboxylic acids is 2. The van der Waals surface area contributed by atoms with Crippen molar-refractivity contribution in [1.82, 2.24) is 20.3 Å². The summed E-state index contributed by atoms with van der Waals surface area (Å²) in [6.07, 6.45) is 2.01. The van der Waals surface area contributed by atoms with E-state index in [1.807, 2.05) is 13.8 Å². The van der Waals surface area contributed by atoms with Crippen molar-refractivity contribution in [3.05, 3.63) is 11.9 Å². The van der Waals surface area contributed by atoms with Crippen molar-refractivity contribution in [3.8, 4) is 0 Å². The number of hydrogen-bond acceptors (Lipinski definition) is 4. The van der Waals surface area contributed by atoms with Crippen molar-refractivity contribution in [1.29, 1.82) is 0 Å². The molecule has 0 aliphatic carbocycles. The molecule has 0 spiro atoms. The Morgan fingerprint density at radius 1 is 1.71 bits per heavy atom. The summed E-state index contributed by atoms with van der Waals surface area (Å²) in [7, 11) is 0. The molecule has 1 aromatic heterocycles. The van der Waals surface area contributed by atoms with Crippen LogP contribution < -0.4 is 5.32 Å². The molecule has 0 bridgehead atoms. The van der Waals surface area contributed by atoms with Gasteiger partial charge in [0.05, 0.1) is 6.20 Å². The van der Waals surface area contributed by atoms with Gasteiger partial charge < -0.3 is 5.32 Å². The predicted molar refractivity (Wildman–Crippen MR) is 48.7 cm³/mol. The number of rotatable bonds is 4. The third-order valence-electron chi connectivity index (χ3n) is 1.43. The maximum absolute atomic E-state index is 11.2. The maximum atomic E-state index is 11.2. The molecule has 0 fully saturated rings. The van der Waals surface area contributed by atoms with E-state index in [2.05, 4.69) is 15.6 Å². The van der Waals surface area contributed by atoms with Gasteiger partial charge in [0, 0.05) is 6.04 Å². The smallest absolute Gasteiger partial charge is 0.241 e. The van der Waals surface area contributed by atoms with Gasteiger partial charge in [-0.25, -0.2) is 4.68 Å². The standard InChI is InChI=1S/C8H12N4O2/c1-6(2)9-8(14)4-12-3-7(5-13)10-11-12/h3,5-6H,4H2,1-2H3,(H,9,14). The SMILES string of the molecule is CC(C)NC(=O)Cn1cc(C=O)nn1. The van der Waals surface area contributed by atoms with Gasteiger partial charge >= 0.3 is 0 Å². The highest BCUT2D eigenvalue weighted by molar-refractivity contribution is 5.76. The molecule has 1 heterocycles. The van der Waals surface area contributed by atoms with Crippen LogP contribution in [0.25, 0.3) is 0 Å². The molecule has 1 amide bonds. The molecule has 76 valence electrons. The average molecular weight is 196 g/mol. The van der Waals surface area contributed by atoms with E-state index in [4.69, 9.17) is 0 Å². The van der Waals surface area contributed by atoms with E-state index in [9.17, 15) is 9.59 Å². The normalized spacial score (nSPS) is 10.2. The molecule has 0 aliphatic rings. The molecule has 0 unspecified atom stereocenters. The average Bonchev–Trinajstić information content (AvgIpc) is 2.50. The molecule has 0 saturated heterocycles. The summed E-state index contributed by atoms with van der Waals surface area (Å²) >= 11 is 0. The summed E-state index contributed by atoms with van der Waals surface area (Å²) in [5.41, 5.74) is 0.224. The minimum atomic E-state index is -0.151. The summed E-state index contributed by atoms with van der Waals surface area (Å²) in [6.45, 7) is 3.82. The lowest BCUT2D eigenvalue weighted by Crippen LogP contribution is -2.33. The Kier molecular flexibility index (Phi) is 3.33. The second kappa shape index (κ2) is 4.50. The second-order valence-electron chi connectivity index (χ2n) is 3.18. The Labute approximate surface area is 81.3 Å². The molecule has 1 N–H and O–H groups in total. The zero-order valence-corrected chi connectivity index (χ0v) is 8.10. The third kappa shape index (κ3) is 2.96. The van der Waals surface area contributed by atoms with E-state index in [0.29, 0.717) is 6.29 Å². The molecule has 0 aromatic carbocycles. The van der Waals surface area contributed by atoms with Crippen LogP contribution in [-0.2, 0) is 11.3 Å². The highest BCUT2D eigenvalue weighted by Gasteiger charge is 2.06. The summed E-state index contributed by atoms with van der Waals surface area (Å²) in [6, 6.07) is 0.0940. The Bertz CT molecular complexity index is 332. The van der Waals surface area contributed by atoms with Gasteiger partial charge in [0.15, 0.2) is 6.29 Å². The lowest BCUT2D eigenvalue weighted by atomic mass is 10.4. The summed E-state index contributed by atoms with van der Waals surface area (Å²) in [5, 5.41) is 9.84. The van der Waals surface area contributed by atoms with Crippen LogP contribution >= 0.6 is 0 Å². The molecule has 1 rings (SSSR count). The van der Waals surface area contributed by atoms with Gasteiger partial charge in [-0.05, 0) is 13.8 Å². The van der Waals surface area contributed by atoms with Crippen LogP contribution in [0.4, 0.5) is 0 Å². The van der Waals surface area contributed by atoms with Gasteiger partial charge in [-0.15, -0.1) is 5.10 Å². The Morgan fingerprint density at radius 3 is 2.93 bits per heavy atom. The fourth-order valence-corrected chi connectivity index (χ4v) is 0.959. The lowest BCUT2D eigenvalue weighted by Gasteiger charge is -2.07. The van der Waals surface area contributed by atoms with Gasteiger partial charge in [0.1, 0.15) is 12.2 Å². The first kappa shape index (κ1) is 10.4. The van der Waals surface area contributed by atoms with Crippen molar-refractivity contribution >= 4 is 12.2 Å². The topological polar surface area (TPSA) is 76.9 Å². The number of amides is 1. The van der Waals surface area contributed by atoms with Crippen LogP contribution in [0.3, 0.4) is 0 Å². The fraction of sp³-hybridized carbons (Fsp3) is 0.500. The van der Waals surface area contributed by atoms with Crippen molar-refractivity contribution in [2.75, 3.05) is 0 Å². The zero-order chi connectivity index (χ0) is 10.6. The Balaban J connectivity index is 2.51. The van der Waals surface area contributed by atoms with Gasteiger partial charge in [0.2, 0.25) is 5.91 Å². The summed E-state index contributed by atoms with van der Waals surface area (Å²) < 4.78 is 1.32. The molecule has 0 saturated carbocycles. The van der Waals surface area contributed by atoms with Crippen LogP contribution in [0.5, 0.6) is 0 Å². The number of nitrogens with zero attached hydrogens (tertiary/aromatic N) is 3. The van der Waals surface area contributed by atoms with Crippen LogP contribution in [-0.4, -0.2) is 33.2 Å². The summed E-state index contributed by atoms with van der Waals surface area (Å²) in [4.78, 5) is 21.5. The maximum Gasteiger partial charge on any atom is 0.241 e. The highest BCUT2D eigenvalue weighted by atomic mass is 16.2. The number of nitrogens with one attached hydrogen (secondary N) is 1. The Morgan fingerprint density at radius 2 is 2.43 bits per heavy atom. The van der Waals surface area contributed by atoms with Crippen molar-refractivity contribution in [2.24, 2.45) is 0 Å². The number of aromatic nitrogens is 3. The number of carbonyl (C=O) groups is 2. The lowest BCUT2D eigenvalue weighted by molar-refractivity contribution is -0.122. The third-order valence-corrected chi connectivity index (χ3v) is 1.43. The van der Waals surface area contributed by atoms with E-state index < -0.39 is 0 Å². The number of aldehydes is 1. The second-order valence-corrected chi connectivity index (χ2v) is 3.18. The van der Waals surface area contributed by atoms with Crippen LogP contribution in [0, 0.1) is 0 Å². The molecular formula is C8H12N4O2. The van der Waals surface area contributed by atoms with E-state index in [0.717, 1.165) is 0 Å². The Hall–Kier alpha value is -1.72. The molecular weight excluding hydrogens is 184 g/mol. The first-order valence-electron chi connectivity index (χ1n) is 4.26. The van der Waals surface area contributed by atoms with Gasteiger partial charge in [-0.1, -0.05) is 5.21 Å². The van der Waals surface area contributed by atoms with Gasteiger partial charge in [-0.3, -0.25) is 9.59 Å². The molecule has 0 radical (unpaired) electrons. The van der Waals surface area contributed by atoms with E-state index >= 15 is 0 Å². The monoisotopic (exact) mass is 196 g/mol. The fourth-order valence-electron chi connectivity index (χ4n) is 0.959. The quantitative estimate of drug-likeness (QED) is 0.665. The molecule has 0 aliphatic heterocycles. The summed E-state index contributed by atoms with van der Waals surface area (Å²) in [5.74, 6) is -0.151. The van der Waals surface area contributed by atoms with E-state index in [-0.39, 0.29) is 24.2 Å². The van der Waals surface area contributed by atoms with Crippen molar-refractivity contribution in [2.45, 2.75) is 26.4 Å². The highest BCUT2D eigenvalue weighted by Crippen LogP contribution is 1.89. The van der Waals surface area contributed by atoms with E-state index in [1.54, 1.807) is 0 Å². The van der Waals surface area contributed by atoms with Gasteiger partial charge in [0.25, 0.3) is 0 Å². The van der Waals surface area contributed by atoms with Crippen LogP contribution in [0.2, 0.25) is 0 Å².